The molecule has 0 bridgehead atoms. The molecule has 1 aliphatic carbocycles. The van der Waals surface area contributed by atoms with E-state index in [1.165, 1.54) is 12.8 Å². The van der Waals surface area contributed by atoms with E-state index in [1.807, 2.05) is 16.7 Å². The first-order valence-corrected chi connectivity index (χ1v) is 4.44. The second kappa shape index (κ2) is 2.22. The Morgan fingerprint density at radius 1 is 1.46 bits per heavy atom. The summed E-state index contributed by atoms with van der Waals surface area (Å²) < 4.78 is 2.04. The molecule has 1 fully saturated rings. The third-order valence-electron chi connectivity index (χ3n) is 2.39. The summed E-state index contributed by atoms with van der Waals surface area (Å²) in [6.45, 7) is 0. The van der Waals surface area contributed by atoms with Crippen LogP contribution in [0.15, 0.2) is 18.3 Å². The van der Waals surface area contributed by atoms with Gasteiger partial charge >= 0.3 is 0 Å². The van der Waals surface area contributed by atoms with Crippen LogP contribution in [0.25, 0.3) is 11.2 Å². The summed E-state index contributed by atoms with van der Waals surface area (Å²) in [5.74, 6) is 0.594. The van der Waals surface area contributed by atoms with Crippen molar-refractivity contribution in [3.8, 4) is 0 Å². The molecule has 0 amide bonds. The Morgan fingerprint density at radius 3 is 3.08 bits per heavy atom. The van der Waals surface area contributed by atoms with Crippen LogP contribution >= 0.6 is 0 Å². The highest BCUT2D eigenvalue weighted by Crippen LogP contribution is 2.38. The minimum Gasteiger partial charge on any atom is -0.369 e. The van der Waals surface area contributed by atoms with Crippen LogP contribution in [0.1, 0.15) is 18.9 Å². The maximum atomic E-state index is 5.81. The van der Waals surface area contributed by atoms with Crippen LogP contribution in [-0.2, 0) is 0 Å². The molecule has 2 N–H and O–H groups in total. The van der Waals surface area contributed by atoms with Crippen molar-refractivity contribution < 1.29 is 0 Å². The molecule has 13 heavy (non-hydrogen) atoms. The highest BCUT2D eigenvalue weighted by Gasteiger charge is 2.27. The van der Waals surface area contributed by atoms with Crippen molar-refractivity contribution in [3.05, 3.63) is 18.3 Å². The fourth-order valence-corrected chi connectivity index (χ4v) is 1.64. The molecular formula is C9H10N4. The van der Waals surface area contributed by atoms with Gasteiger partial charge in [-0.25, -0.2) is 9.97 Å². The SMILES string of the molecule is Nc1nc2cccnc2n1C1CC1. The second-order valence-electron chi connectivity index (χ2n) is 3.42. The molecule has 66 valence electrons. The highest BCUT2D eigenvalue weighted by molar-refractivity contribution is 5.74. The first-order valence-electron chi connectivity index (χ1n) is 4.44. The summed E-state index contributed by atoms with van der Waals surface area (Å²) in [5.41, 5.74) is 7.62. The zero-order valence-corrected chi connectivity index (χ0v) is 7.14. The molecule has 2 aromatic rings. The van der Waals surface area contributed by atoms with Gasteiger partial charge in [-0.1, -0.05) is 0 Å². The topological polar surface area (TPSA) is 56.7 Å². The van der Waals surface area contributed by atoms with Crippen molar-refractivity contribution >= 4 is 17.1 Å². The lowest BCUT2D eigenvalue weighted by molar-refractivity contribution is 0.770. The lowest BCUT2D eigenvalue weighted by Gasteiger charge is -2.00. The lowest BCUT2D eigenvalue weighted by atomic mass is 10.4. The zero-order valence-electron chi connectivity index (χ0n) is 7.14. The van der Waals surface area contributed by atoms with Crippen molar-refractivity contribution in [2.75, 3.05) is 5.73 Å². The second-order valence-corrected chi connectivity index (χ2v) is 3.42. The van der Waals surface area contributed by atoms with Gasteiger partial charge in [-0.15, -0.1) is 0 Å². The van der Waals surface area contributed by atoms with E-state index in [1.54, 1.807) is 6.20 Å². The third kappa shape index (κ3) is 0.915. The van der Waals surface area contributed by atoms with Crippen molar-refractivity contribution in [3.63, 3.8) is 0 Å². The van der Waals surface area contributed by atoms with Gasteiger partial charge in [0.1, 0.15) is 5.52 Å². The highest BCUT2D eigenvalue weighted by atomic mass is 15.2. The molecule has 0 unspecified atom stereocenters. The van der Waals surface area contributed by atoms with Crippen molar-refractivity contribution in [1.29, 1.82) is 0 Å². The van der Waals surface area contributed by atoms with Gasteiger partial charge in [0, 0.05) is 12.2 Å². The number of imidazole rings is 1. The average Bonchev–Trinajstić information content (AvgIpc) is 2.88. The maximum absolute atomic E-state index is 5.81. The largest absolute Gasteiger partial charge is 0.369 e. The molecule has 0 atom stereocenters. The van der Waals surface area contributed by atoms with Gasteiger partial charge in [-0.2, -0.15) is 0 Å². The number of rotatable bonds is 1. The van der Waals surface area contributed by atoms with Crippen LogP contribution in [0.5, 0.6) is 0 Å². The molecule has 2 aromatic heterocycles. The molecule has 2 heterocycles. The van der Waals surface area contributed by atoms with Gasteiger partial charge in [0.05, 0.1) is 0 Å². The van der Waals surface area contributed by atoms with Crippen LogP contribution in [-0.4, -0.2) is 14.5 Å². The van der Waals surface area contributed by atoms with Crippen molar-refractivity contribution in [2.45, 2.75) is 18.9 Å². The zero-order chi connectivity index (χ0) is 8.84. The first-order chi connectivity index (χ1) is 6.36. The maximum Gasteiger partial charge on any atom is 0.202 e. The number of nitrogen functional groups attached to an aromatic ring is 1. The Balaban J connectivity index is 2.35. The van der Waals surface area contributed by atoms with E-state index in [-0.39, 0.29) is 0 Å². The van der Waals surface area contributed by atoms with E-state index in [0.717, 1.165) is 11.2 Å². The predicted molar refractivity (Wildman–Crippen MR) is 50.2 cm³/mol. The number of hydrogen-bond donors (Lipinski definition) is 1. The van der Waals surface area contributed by atoms with Crippen molar-refractivity contribution in [2.24, 2.45) is 0 Å². The van der Waals surface area contributed by atoms with E-state index >= 15 is 0 Å². The normalized spacial score (nSPS) is 16.6. The Kier molecular flexibility index (Phi) is 1.17. The minimum absolute atomic E-state index is 0.542. The number of pyridine rings is 1. The van der Waals surface area contributed by atoms with E-state index in [9.17, 15) is 0 Å². The Labute approximate surface area is 75.4 Å². The molecule has 4 nitrogen and oxygen atoms in total. The minimum atomic E-state index is 0.542. The molecule has 1 saturated carbocycles. The van der Waals surface area contributed by atoms with E-state index < -0.39 is 0 Å². The fourth-order valence-electron chi connectivity index (χ4n) is 1.64. The number of nitrogens with zero attached hydrogens (tertiary/aromatic N) is 3. The van der Waals surface area contributed by atoms with E-state index in [0.29, 0.717) is 12.0 Å². The standard InChI is InChI=1S/C9H10N4/c10-9-12-7-2-1-5-11-8(7)13(9)6-3-4-6/h1-2,5-6H,3-4H2,(H2,10,12). The van der Waals surface area contributed by atoms with E-state index in [2.05, 4.69) is 9.97 Å². The summed E-state index contributed by atoms with van der Waals surface area (Å²) >= 11 is 0. The Bertz CT molecular complexity index is 456. The predicted octanol–water partition coefficient (Wildman–Crippen LogP) is 1.35. The van der Waals surface area contributed by atoms with Crippen LogP contribution < -0.4 is 5.73 Å². The van der Waals surface area contributed by atoms with Gasteiger partial charge in [0.15, 0.2) is 5.65 Å². The number of anilines is 1. The molecule has 1 aliphatic rings. The fraction of sp³-hybridized carbons (Fsp3) is 0.333. The molecular weight excluding hydrogens is 164 g/mol. The van der Waals surface area contributed by atoms with Gasteiger partial charge in [-0.05, 0) is 25.0 Å². The van der Waals surface area contributed by atoms with Crippen LogP contribution in [0.2, 0.25) is 0 Å². The molecule has 0 aliphatic heterocycles. The molecule has 0 saturated heterocycles. The van der Waals surface area contributed by atoms with Crippen molar-refractivity contribution in [1.82, 2.24) is 14.5 Å². The smallest absolute Gasteiger partial charge is 0.202 e. The average molecular weight is 174 g/mol. The molecule has 4 heteroatoms. The summed E-state index contributed by atoms with van der Waals surface area (Å²) in [7, 11) is 0. The van der Waals surface area contributed by atoms with E-state index in [4.69, 9.17) is 5.73 Å². The summed E-state index contributed by atoms with van der Waals surface area (Å²) in [6.07, 6.45) is 4.18. The molecule has 3 rings (SSSR count). The number of hydrogen-bond acceptors (Lipinski definition) is 3. The third-order valence-corrected chi connectivity index (χ3v) is 2.39. The van der Waals surface area contributed by atoms with Gasteiger partial charge in [0.2, 0.25) is 5.95 Å². The van der Waals surface area contributed by atoms with Crippen LogP contribution in [0, 0.1) is 0 Å². The molecule has 0 spiro atoms. The summed E-state index contributed by atoms with van der Waals surface area (Å²) in [4.78, 5) is 8.54. The molecule has 0 aromatic carbocycles. The van der Waals surface area contributed by atoms with Crippen LogP contribution in [0.3, 0.4) is 0 Å². The number of fused-ring (bicyclic) bond motifs is 1. The van der Waals surface area contributed by atoms with Gasteiger partial charge < -0.3 is 5.73 Å². The van der Waals surface area contributed by atoms with Gasteiger partial charge in [-0.3, -0.25) is 4.57 Å². The molecule has 0 radical (unpaired) electrons. The lowest BCUT2D eigenvalue weighted by Crippen LogP contribution is -2.01. The van der Waals surface area contributed by atoms with Gasteiger partial charge in [0.25, 0.3) is 0 Å². The monoisotopic (exact) mass is 174 g/mol. The van der Waals surface area contributed by atoms with Crippen LogP contribution in [0.4, 0.5) is 5.95 Å². The summed E-state index contributed by atoms with van der Waals surface area (Å²) in [6, 6.07) is 4.36. The Morgan fingerprint density at radius 2 is 2.31 bits per heavy atom. The number of nitrogens with two attached hydrogens (primary N) is 1. The quantitative estimate of drug-likeness (QED) is 0.709. The number of aromatic nitrogens is 3. The Hall–Kier alpha value is -1.58. The first kappa shape index (κ1) is 6.88. The summed E-state index contributed by atoms with van der Waals surface area (Å²) in [5, 5.41) is 0.